The lowest BCUT2D eigenvalue weighted by molar-refractivity contribution is -0.118. The maximum atomic E-state index is 13.1. The Morgan fingerprint density at radius 1 is 1.18 bits per heavy atom. The first-order chi connectivity index (χ1) is 13.3. The van der Waals surface area contributed by atoms with Gasteiger partial charge in [-0.25, -0.2) is 4.98 Å². The molecule has 2 atom stereocenters. The smallest absolute Gasteiger partial charge is 0.229 e. The van der Waals surface area contributed by atoms with Crippen LogP contribution in [0.5, 0.6) is 0 Å². The number of halogens is 3. The average Bonchev–Trinajstić information content (AvgIpc) is 3.01. The number of allylic oxidation sites excluding steroid dienone is 1. The van der Waals surface area contributed by atoms with Gasteiger partial charge in [-0.2, -0.15) is 0 Å². The highest BCUT2D eigenvalue weighted by Gasteiger charge is 2.60. The molecular weight excluding hydrogens is 417 g/mol. The second kappa shape index (κ2) is 7.11. The van der Waals surface area contributed by atoms with E-state index in [1.54, 1.807) is 22.7 Å². The molecule has 28 heavy (non-hydrogen) atoms. The Morgan fingerprint density at radius 2 is 1.89 bits per heavy atom. The predicted molar refractivity (Wildman–Crippen MR) is 115 cm³/mol. The van der Waals surface area contributed by atoms with Gasteiger partial charge in [-0.3, -0.25) is 9.20 Å². The predicted octanol–water partition coefficient (Wildman–Crippen LogP) is 6.18. The Balaban J connectivity index is 1.75. The van der Waals surface area contributed by atoms with Crippen molar-refractivity contribution in [2.45, 2.75) is 13.8 Å². The number of benzene rings is 1. The molecule has 1 amide bonds. The third kappa shape index (κ3) is 3.41. The SMILES string of the molecule is CC1(C)C(C=C(Cl)Cl)C1C(=O)Nc1c(-c2ccccc2)nc2ccc(Cl)cn12. The largest absolute Gasteiger partial charge is 0.310 e. The monoisotopic (exact) mass is 433 g/mol. The average molecular weight is 435 g/mol. The van der Waals surface area contributed by atoms with Crippen molar-refractivity contribution in [3.63, 3.8) is 0 Å². The molecule has 2 unspecified atom stereocenters. The number of aromatic nitrogens is 2. The van der Waals surface area contributed by atoms with Crippen molar-refractivity contribution in [3.05, 3.63) is 64.3 Å². The summed E-state index contributed by atoms with van der Waals surface area (Å²) in [5, 5.41) is 3.62. The molecule has 0 saturated heterocycles. The lowest BCUT2D eigenvalue weighted by Crippen LogP contribution is -2.18. The zero-order valence-electron chi connectivity index (χ0n) is 15.3. The van der Waals surface area contributed by atoms with Crippen molar-refractivity contribution in [3.8, 4) is 11.3 Å². The van der Waals surface area contributed by atoms with Crippen LogP contribution in [0.3, 0.4) is 0 Å². The summed E-state index contributed by atoms with van der Waals surface area (Å²) in [4.78, 5) is 17.8. The second-order valence-corrected chi connectivity index (χ2v) is 8.97. The standard InChI is InChI=1S/C21H18Cl3N3O/c1-21(2)14(10-15(23)24)17(21)20(28)26-19-18(12-6-4-3-5-7-12)25-16-9-8-13(22)11-27(16)19/h3-11,14,17H,1-2H3,(H,26,28). The van der Waals surface area contributed by atoms with Crippen molar-refractivity contribution in [2.75, 3.05) is 5.32 Å². The molecule has 0 aliphatic heterocycles. The summed E-state index contributed by atoms with van der Waals surface area (Å²) in [5.41, 5.74) is 2.09. The van der Waals surface area contributed by atoms with Crippen LogP contribution in [0, 0.1) is 17.3 Å². The molecule has 2 heterocycles. The number of hydrogen-bond acceptors (Lipinski definition) is 2. The first-order valence-corrected chi connectivity index (χ1v) is 9.99. The van der Waals surface area contributed by atoms with Crippen LogP contribution in [0.2, 0.25) is 5.02 Å². The molecule has 7 heteroatoms. The molecule has 0 bridgehead atoms. The molecule has 144 valence electrons. The number of rotatable bonds is 4. The van der Waals surface area contributed by atoms with E-state index in [-0.39, 0.29) is 27.6 Å². The zero-order chi connectivity index (χ0) is 20.1. The highest BCUT2D eigenvalue weighted by molar-refractivity contribution is 6.55. The fourth-order valence-corrected chi connectivity index (χ4v) is 4.19. The molecule has 4 nitrogen and oxygen atoms in total. The molecular formula is C21H18Cl3N3O. The lowest BCUT2D eigenvalue weighted by atomic mass is 10.1. The number of pyridine rings is 1. The van der Waals surface area contributed by atoms with Crippen LogP contribution >= 0.6 is 34.8 Å². The minimum absolute atomic E-state index is 0.0135. The molecule has 1 aromatic carbocycles. The van der Waals surface area contributed by atoms with Crippen molar-refractivity contribution >= 4 is 52.2 Å². The van der Waals surface area contributed by atoms with Crippen molar-refractivity contribution in [2.24, 2.45) is 17.3 Å². The topological polar surface area (TPSA) is 46.4 Å². The van der Waals surface area contributed by atoms with E-state index in [1.807, 2.05) is 50.2 Å². The molecule has 1 aliphatic rings. The fraction of sp³-hybridized carbons (Fsp3) is 0.238. The van der Waals surface area contributed by atoms with Gasteiger partial charge >= 0.3 is 0 Å². The second-order valence-electron chi connectivity index (χ2n) is 7.52. The highest BCUT2D eigenvalue weighted by Crippen LogP contribution is 2.60. The molecule has 4 rings (SSSR count). The maximum Gasteiger partial charge on any atom is 0.229 e. The van der Waals surface area contributed by atoms with Gasteiger partial charge < -0.3 is 5.32 Å². The number of anilines is 1. The van der Waals surface area contributed by atoms with Crippen molar-refractivity contribution in [1.29, 1.82) is 0 Å². The maximum absolute atomic E-state index is 13.1. The fourth-order valence-electron chi connectivity index (χ4n) is 3.76. The van der Waals surface area contributed by atoms with E-state index in [9.17, 15) is 4.79 Å². The summed E-state index contributed by atoms with van der Waals surface area (Å²) < 4.78 is 1.98. The molecule has 0 radical (unpaired) electrons. The highest BCUT2D eigenvalue weighted by atomic mass is 35.5. The van der Waals surface area contributed by atoms with E-state index in [4.69, 9.17) is 39.8 Å². The first kappa shape index (κ1) is 19.3. The van der Waals surface area contributed by atoms with E-state index < -0.39 is 0 Å². The van der Waals surface area contributed by atoms with Gasteiger partial charge in [0.2, 0.25) is 5.91 Å². The van der Waals surface area contributed by atoms with Gasteiger partial charge in [-0.15, -0.1) is 0 Å². The van der Waals surface area contributed by atoms with Gasteiger partial charge in [0.25, 0.3) is 0 Å². The third-order valence-corrected chi connectivity index (χ3v) is 5.85. The summed E-state index contributed by atoms with van der Waals surface area (Å²) in [6, 6.07) is 13.3. The summed E-state index contributed by atoms with van der Waals surface area (Å²) in [7, 11) is 0. The van der Waals surface area contributed by atoms with Gasteiger partial charge in [0.15, 0.2) is 0 Å². The summed E-state index contributed by atoms with van der Waals surface area (Å²) in [6.45, 7) is 4.05. The molecule has 1 fully saturated rings. The van der Waals surface area contributed by atoms with Crippen LogP contribution in [0.4, 0.5) is 5.82 Å². The van der Waals surface area contributed by atoms with E-state index in [2.05, 4.69) is 5.32 Å². The van der Waals surface area contributed by atoms with Crippen LogP contribution in [-0.2, 0) is 4.79 Å². The zero-order valence-corrected chi connectivity index (χ0v) is 17.6. The summed E-state index contributed by atoms with van der Waals surface area (Å²) in [6.07, 6.45) is 3.48. The number of fused-ring (bicyclic) bond motifs is 1. The molecule has 0 spiro atoms. The van der Waals surface area contributed by atoms with Crippen molar-refractivity contribution in [1.82, 2.24) is 9.38 Å². The normalized spacial score (nSPS) is 20.0. The number of imidazole rings is 1. The van der Waals surface area contributed by atoms with Gasteiger partial charge in [0.05, 0.1) is 10.9 Å². The van der Waals surface area contributed by atoms with E-state index >= 15 is 0 Å². The number of carbonyl (C=O) groups is 1. The Kier molecular flexibility index (Phi) is 4.90. The Bertz CT molecular complexity index is 1080. The van der Waals surface area contributed by atoms with Gasteiger partial charge in [-0.1, -0.05) is 79.0 Å². The van der Waals surface area contributed by atoms with Crippen molar-refractivity contribution < 1.29 is 4.79 Å². The van der Waals surface area contributed by atoms with Crippen LogP contribution < -0.4 is 5.32 Å². The molecule has 3 aromatic rings. The lowest BCUT2D eigenvalue weighted by Gasteiger charge is -2.09. The minimum atomic E-state index is -0.228. The summed E-state index contributed by atoms with van der Waals surface area (Å²) >= 11 is 17.8. The van der Waals surface area contributed by atoms with E-state index in [0.29, 0.717) is 22.2 Å². The van der Waals surface area contributed by atoms with Crippen LogP contribution in [0.25, 0.3) is 16.9 Å². The van der Waals surface area contributed by atoms with E-state index in [1.165, 1.54) is 0 Å². The molecule has 1 N–H and O–H groups in total. The van der Waals surface area contributed by atoms with Gasteiger partial charge in [-0.05, 0) is 29.5 Å². The Labute approximate surface area is 178 Å². The third-order valence-electron chi connectivity index (χ3n) is 5.37. The minimum Gasteiger partial charge on any atom is -0.310 e. The number of nitrogens with one attached hydrogen (secondary N) is 1. The molecule has 1 saturated carbocycles. The van der Waals surface area contributed by atoms with Gasteiger partial charge in [0, 0.05) is 11.8 Å². The van der Waals surface area contributed by atoms with Crippen LogP contribution in [-0.4, -0.2) is 15.3 Å². The Morgan fingerprint density at radius 3 is 2.57 bits per heavy atom. The number of amides is 1. The molecule has 1 aliphatic carbocycles. The van der Waals surface area contributed by atoms with Gasteiger partial charge in [0.1, 0.15) is 21.7 Å². The number of carbonyl (C=O) groups excluding carboxylic acids is 1. The number of nitrogens with zero attached hydrogens (tertiary/aromatic N) is 2. The Hall–Kier alpha value is -2.01. The summed E-state index contributed by atoms with van der Waals surface area (Å²) in [5.74, 6) is 0.254. The molecule has 2 aromatic heterocycles. The van der Waals surface area contributed by atoms with Crippen LogP contribution in [0.1, 0.15) is 13.8 Å². The number of hydrogen-bond donors (Lipinski definition) is 1. The van der Waals surface area contributed by atoms with Crippen LogP contribution in [0.15, 0.2) is 59.2 Å². The quantitative estimate of drug-likeness (QED) is 0.532. The van der Waals surface area contributed by atoms with E-state index in [0.717, 1.165) is 5.56 Å². The first-order valence-electron chi connectivity index (χ1n) is 8.86.